The first kappa shape index (κ1) is 21.3. The van der Waals surface area contributed by atoms with Crippen LogP contribution in [0.4, 0.5) is 0 Å². The number of nitrogens with one attached hydrogen (secondary N) is 1. The van der Waals surface area contributed by atoms with E-state index in [9.17, 15) is 9.59 Å². The molecular formula is C28H22ClN3O4. The monoisotopic (exact) mass is 499 g/mol. The average molecular weight is 500 g/mol. The molecule has 0 saturated carbocycles. The van der Waals surface area contributed by atoms with Crippen molar-refractivity contribution in [1.82, 2.24) is 14.8 Å². The summed E-state index contributed by atoms with van der Waals surface area (Å²) in [4.78, 5) is 34.5. The van der Waals surface area contributed by atoms with Gasteiger partial charge in [-0.2, -0.15) is 0 Å². The summed E-state index contributed by atoms with van der Waals surface area (Å²) in [5.41, 5.74) is 4.78. The van der Waals surface area contributed by atoms with E-state index in [0.717, 1.165) is 33.3 Å². The number of aromatic amines is 1. The molecular weight excluding hydrogens is 478 g/mol. The molecule has 3 aliphatic rings. The van der Waals surface area contributed by atoms with Crippen LogP contribution >= 0.6 is 11.6 Å². The van der Waals surface area contributed by atoms with Gasteiger partial charge in [-0.3, -0.25) is 9.59 Å². The van der Waals surface area contributed by atoms with Gasteiger partial charge in [0.25, 0.3) is 0 Å². The molecule has 3 aliphatic heterocycles. The quantitative estimate of drug-likeness (QED) is 0.452. The highest BCUT2D eigenvalue weighted by Crippen LogP contribution is 2.43. The number of hydrogen-bond donors (Lipinski definition) is 1. The third-order valence-electron chi connectivity index (χ3n) is 7.32. The van der Waals surface area contributed by atoms with Gasteiger partial charge in [-0.25, -0.2) is 0 Å². The molecule has 2 atom stereocenters. The van der Waals surface area contributed by atoms with Crippen LogP contribution < -0.4 is 9.47 Å². The van der Waals surface area contributed by atoms with Crippen molar-refractivity contribution in [3.8, 4) is 11.5 Å². The molecule has 180 valence electrons. The number of carbonyl (C=O) groups excluding carboxylic acids is 2. The van der Waals surface area contributed by atoms with Crippen molar-refractivity contribution in [1.29, 1.82) is 0 Å². The number of ether oxygens (including phenoxy) is 2. The van der Waals surface area contributed by atoms with Crippen molar-refractivity contribution in [2.45, 2.75) is 25.0 Å². The molecule has 1 N–H and O–H groups in total. The van der Waals surface area contributed by atoms with Gasteiger partial charge in [-0.15, -0.1) is 0 Å². The topological polar surface area (TPSA) is 74.9 Å². The molecule has 1 aromatic heterocycles. The van der Waals surface area contributed by atoms with Crippen molar-refractivity contribution >= 4 is 34.3 Å². The van der Waals surface area contributed by atoms with E-state index in [1.165, 1.54) is 0 Å². The second-order valence-electron chi connectivity index (χ2n) is 9.42. The lowest BCUT2D eigenvalue weighted by Crippen LogP contribution is -2.62. The third-order valence-corrected chi connectivity index (χ3v) is 7.55. The molecule has 0 unspecified atom stereocenters. The Bertz CT molecular complexity index is 1550. The van der Waals surface area contributed by atoms with Crippen molar-refractivity contribution in [2.24, 2.45) is 0 Å². The van der Waals surface area contributed by atoms with E-state index >= 15 is 0 Å². The van der Waals surface area contributed by atoms with Crippen molar-refractivity contribution in [3.63, 3.8) is 0 Å². The lowest BCUT2D eigenvalue weighted by molar-refractivity contribution is -0.159. The van der Waals surface area contributed by atoms with Crippen LogP contribution in [0.5, 0.6) is 11.5 Å². The maximum atomic E-state index is 13.9. The molecule has 4 heterocycles. The minimum Gasteiger partial charge on any atom is -0.454 e. The molecule has 0 radical (unpaired) electrons. The zero-order chi connectivity index (χ0) is 24.4. The van der Waals surface area contributed by atoms with Gasteiger partial charge in [0.15, 0.2) is 11.5 Å². The Balaban J connectivity index is 1.30. The highest BCUT2D eigenvalue weighted by molar-refractivity contribution is 6.30. The lowest BCUT2D eigenvalue weighted by atomic mass is 9.86. The molecule has 1 fully saturated rings. The SMILES string of the molecule is O=C1[C@@H]2Cc3c([nH]c4ccccc34)[C@H](c3cccc(Cl)c3)N2C(=O)CN1Cc1ccc2c(c1)OCO2. The number of halogens is 1. The normalized spacial score (nSPS) is 20.6. The fraction of sp³-hybridized carbons (Fsp3) is 0.214. The second-order valence-corrected chi connectivity index (χ2v) is 9.86. The summed E-state index contributed by atoms with van der Waals surface area (Å²) in [6.45, 7) is 0.527. The number of rotatable bonds is 3. The molecule has 1 saturated heterocycles. The highest BCUT2D eigenvalue weighted by atomic mass is 35.5. The number of fused-ring (bicyclic) bond motifs is 5. The van der Waals surface area contributed by atoms with Gasteiger partial charge in [0.1, 0.15) is 12.6 Å². The van der Waals surface area contributed by atoms with Gasteiger partial charge in [-0.1, -0.05) is 48.0 Å². The Kier molecular flexibility index (Phi) is 4.76. The molecule has 36 heavy (non-hydrogen) atoms. The molecule has 0 spiro atoms. The Morgan fingerprint density at radius 3 is 2.72 bits per heavy atom. The standard InChI is InChI=1S/C28H22ClN3O4/c29-18-5-3-4-17(11-18)27-26-20(19-6-1-2-7-21(19)30-26)12-22-28(34)31(14-25(33)32(22)27)13-16-8-9-23-24(10-16)36-15-35-23/h1-11,22,27,30H,12-15H2/t22-,27-/m0/s1. The number of para-hydroxylation sites is 1. The Morgan fingerprint density at radius 2 is 1.83 bits per heavy atom. The minimum absolute atomic E-state index is 0.0103. The molecule has 0 bridgehead atoms. The second kappa shape index (κ2) is 8.03. The van der Waals surface area contributed by atoms with Crippen molar-refractivity contribution in [3.05, 3.63) is 94.1 Å². The summed E-state index contributed by atoms with van der Waals surface area (Å²) in [6, 6.07) is 20.2. The summed E-state index contributed by atoms with van der Waals surface area (Å²) in [5.74, 6) is 1.20. The summed E-state index contributed by atoms with van der Waals surface area (Å²) in [5, 5.41) is 1.67. The summed E-state index contributed by atoms with van der Waals surface area (Å²) < 4.78 is 10.9. The van der Waals surface area contributed by atoms with Crippen LogP contribution in [0.3, 0.4) is 0 Å². The molecule has 3 aromatic carbocycles. The maximum Gasteiger partial charge on any atom is 0.246 e. The largest absolute Gasteiger partial charge is 0.454 e. The van der Waals surface area contributed by atoms with Crippen LogP contribution in [0.1, 0.15) is 28.4 Å². The van der Waals surface area contributed by atoms with Gasteiger partial charge in [0.05, 0.1) is 6.04 Å². The highest BCUT2D eigenvalue weighted by Gasteiger charge is 2.48. The number of H-pyrrole nitrogens is 1. The third kappa shape index (κ3) is 3.27. The van der Waals surface area contributed by atoms with Gasteiger partial charge >= 0.3 is 0 Å². The zero-order valence-electron chi connectivity index (χ0n) is 19.2. The van der Waals surface area contributed by atoms with Crippen LogP contribution in [0.15, 0.2) is 66.7 Å². The number of piperazine rings is 1. The smallest absolute Gasteiger partial charge is 0.246 e. The molecule has 4 aromatic rings. The maximum absolute atomic E-state index is 13.9. The van der Waals surface area contributed by atoms with Crippen molar-refractivity contribution in [2.75, 3.05) is 13.3 Å². The van der Waals surface area contributed by atoms with Crippen LogP contribution in [0, 0.1) is 0 Å². The summed E-state index contributed by atoms with van der Waals surface area (Å²) >= 11 is 6.36. The number of amides is 2. The minimum atomic E-state index is -0.601. The summed E-state index contributed by atoms with van der Waals surface area (Å²) in [6.07, 6.45) is 0.457. The molecule has 2 amide bonds. The van der Waals surface area contributed by atoms with Gasteiger partial charge in [0, 0.05) is 34.6 Å². The molecule has 7 nitrogen and oxygen atoms in total. The number of benzene rings is 3. The van der Waals surface area contributed by atoms with E-state index in [4.69, 9.17) is 21.1 Å². The average Bonchev–Trinajstić information content (AvgIpc) is 3.50. The van der Waals surface area contributed by atoms with Gasteiger partial charge in [0.2, 0.25) is 18.6 Å². The first-order valence-corrected chi connectivity index (χ1v) is 12.3. The van der Waals surface area contributed by atoms with E-state index in [0.29, 0.717) is 29.5 Å². The first-order valence-electron chi connectivity index (χ1n) is 11.9. The van der Waals surface area contributed by atoms with Gasteiger partial charge in [-0.05, 0) is 47.0 Å². The summed E-state index contributed by atoms with van der Waals surface area (Å²) in [7, 11) is 0. The fourth-order valence-electron chi connectivity index (χ4n) is 5.74. The Morgan fingerprint density at radius 1 is 0.972 bits per heavy atom. The van der Waals surface area contributed by atoms with Crippen LogP contribution in [0.2, 0.25) is 5.02 Å². The zero-order valence-corrected chi connectivity index (χ0v) is 20.0. The van der Waals surface area contributed by atoms with Gasteiger partial charge < -0.3 is 24.3 Å². The molecule has 8 heteroatoms. The van der Waals surface area contributed by atoms with Crippen LogP contribution in [0.25, 0.3) is 10.9 Å². The molecule has 7 rings (SSSR count). The number of carbonyl (C=O) groups is 2. The number of aromatic nitrogens is 1. The predicted molar refractivity (Wildman–Crippen MR) is 134 cm³/mol. The first-order chi connectivity index (χ1) is 17.6. The van der Waals surface area contributed by atoms with E-state index in [2.05, 4.69) is 11.1 Å². The van der Waals surface area contributed by atoms with E-state index in [1.807, 2.05) is 60.7 Å². The predicted octanol–water partition coefficient (Wildman–Crippen LogP) is 4.44. The number of nitrogens with zero attached hydrogens (tertiary/aromatic N) is 2. The van der Waals surface area contributed by atoms with Crippen molar-refractivity contribution < 1.29 is 19.1 Å². The fourth-order valence-corrected chi connectivity index (χ4v) is 5.94. The van der Waals surface area contributed by atoms with E-state index in [-0.39, 0.29) is 25.2 Å². The molecule has 0 aliphatic carbocycles. The van der Waals surface area contributed by atoms with Crippen LogP contribution in [-0.2, 0) is 22.6 Å². The van der Waals surface area contributed by atoms with E-state index in [1.54, 1.807) is 9.80 Å². The van der Waals surface area contributed by atoms with Crippen LogP contribution in [-0.4, -0.2) is 46.0 Å². The Labute approximate surface area is 212 Å². The number of hydrogen-bond acceptors (Lipinski definition) is 4. The van der Waals surface area contributed by atoms with E-state index < -0.39 is 12.1 Å². The lowest BCUT2D eigenvalue weighted by Gasteiger charge is -2.47. The Hall–Kier alpha value is -3.97.